The molecule has 0 unspecified atom stereocenters. The van der Waals surface area contributed by atoms with Gasteiger partial charge in [-0.15, -0.1) is 0 Å². The van der Waals surface area contributed by atoms with Crippen molar-refractivity contribution in [1.82, 2.24) is 4.90 Å². The second kappa shape index (κ2) is 68.8. The van der Waals surface area contributed by atoms with Crippen LogP contribution in [0, 0.1) is 48.7 Å². The molecule has 0 fully saturated rings. The summed E-state index contributed by atoms with van der Waals surface area (Å²) in [5.41, 5.74) is -0.383. The van der Waals surface area contributed by atoms with Gasteiger partial charge in [-0.3, -0.25) is 86.3 Å². The molecule has 0 heterocycles. The van der Waals surface area contributed by atoms with Gasteiger partial charge < -0.3 is 9.64 Å². The molecular formula is C105H175NO19. The molecule has 714 valence electrons. The Hall–Kier alpha value is -8.36. The first-order chi connectivity index (χ1) is 56.3. The van der Waals surface area contributed by atoms with Crippen LogP contribution in [0.15, 0.2) is 109 Å². The van der Waals surface area contributed by atoms with Gasteiger partial charge in [0.2, 0.25) is 0 Å². The number of rotatable bonds is 42. The molecule has 0 bridgehead atoms. The van der Waals surface area contributed by atoms with Crippen molar-refractivity contribution >= 4 is 104 Å². The molecule has 0 aromatic carbocycles. The molecule has 20 nitrogen and oxygen atoms in total. The second-order valence-electron chi connectivity index (χ2n) is 40.5. The summed E-state index contributed by atoms with van der Waals surface area (Å²) in [5.74, 6) is 1.66. The topological polar surface area (TPSA) is 320 Å². The molecule has 0 saturated carbocycles. The first kappa shape index (κ1) is 135. The van der Waals surface area contributed by atoms with Crippen LogP contribution in [-0.4, -0.2) is 143 Å². The van der Waals surface area contributed by atoms with Crippen LogP contribution in [0.5, 0.6) is 0 Å². The van der Waals surface area contributed by atoms with Crippen LogP contribution >= 0.6 is 0 Å². The summed E-state index contributed by atoms with van der Waals surface area (Å²) in [6.45, 7) is 76.4. The van der Waals surface area contributed by atoms with Crippen LogP contribution in [0.1, 0.15) is 371 Å². The van der Waals surface area contributed by atoms with Gasteiger partial charge in [-0.2, -0.15) is 0 Å². The van der Waals surface area contributed by atoms with Gasteiger partial charge in [0.25, 0.3) is 0 Å². The number of ether oxygens (including phenoxy) is 1. The Morgan fingerprint density at radius 1 is 0.280 bits per heavy atom. The Bertz CT molecular complexity index is 3610. The van der Waals surface area contributed by atoms with E-state index in [1.165, 1.54) is 18.2 Å². The van der Waals surface area contributed by atoms with Gasteiger partial charge in [-0.05, 0) is 135 Å². The van der Waals surface area contributed by atoms with E-state index < -0.39 is 0 Å². The lowest BCUT2D eigenvalue weighted by atomic mass is 9.87. The zero-order chi connectivity index (χ0) is 101. The lowest BCUT2D eigenvalue weighted by molar-refractivity contribution is -0.128. The first-order valence-electron chi connectivity index (χ1n) is 43.8. The van der Waals surface area contributed by atoms with E-state index in [9.17, 15) is 86.3 Å². The number of carbonyl (C=O) groups is 18. The molecule has 0 aromatic rings. The molecule has 0 aliphatic rings. The number of likely N-dealkylation sites (N-methyl/N-ethyl adjacent to an activating group) is 1. The zero-order valence-electron chi connectivity index (χ0n) is 85.7. The monoisotopic (exact) mass is 1750 g/mol. The van der Waals surface area contributed by atoms with Gasteiger partial charge in [-0.25, -0.2) is 0 Å². The number of ketones is 18. The Morgan fingerprint density at radius 2 is 0.496 bits per heavy atom. The van der Waals surface area contributed by atoms with E-state index in [1.807, 2.05) is 226 Å². The highest BCUT2D eigenvalue weighted by molar-refractivity contribution is 6.01. The van der Waals surface area contributed by atoms with Crippen molar-refractivity contribution in [3.05, 3.63) is 109 Å². The van der Waals surface area contributed by atoms with E-state index in [1.54, 1.807) is 91.2 Å². The number of nitrogens with zero attached hydrogens (tertiary/aromatic N) is 1. The lowest BCUT2D eigenvalue weighted by Gasteiger charge is -2.15. The summed E-state index contributed by atoms with van der Waals surface area (Å²) in [7, 11) is 5.47. The van der Waals surface area contributed by atoms with E-state index in [2.05, 4.69) is 19.7 Å². The van der Waals surface area contributed by atoms with Crippen molar-refractivity contribution in [2.24, 2.45) is 48.7 Å². The Labute approximate surface area is 758 Å². The minimum atomic E-state index is -0.357. The standard InChI is InChI=1S/C13H23NO2.C13H22O3.3C12H20O2.3C11H18O2.C10H16O2/c1-13(2,3)12(16)9-8-11(15)7-6-10-14(4)5;1-10(8-9-16-5)11(14)6-7-12(15)13(2,3)4;1-9(2)10(13)7-6-8-11(14)12(3,4)5;1-6-9(2)10(13)7-8-11(14)12(3,4)5;1-5-7-10(13)8-6-9-11(14)12(2,3)4;1-8(2)9(12)6-7-10(13)11(3,4)5;2*1-5-6-9(12)7-8-10(13)11(2,3)4;1-5-8(11)6-7-9(12)10(2,3)4/h6-7H,8-10H2,1-5H3;8H,6-7,9H2,1-5H3;1,6-8H2,2-5H3;6H,7-8H2,1-5H3;5,7H,6,8-9H2,1-4H3;1,6-7H2,2-5H3;2*5-6H,7-8H2,1-4H3;5H,1,6-7H2,2-4H3/b7-6+;10-8+;;9-6+;7-5+;;2*6-5+;. The molecule has 0 spiro atoms. The highest BCUT2D eigenvalue weighted by atomic mass is 16.5. The van der Waals surface area contributed by atoms with Crippen molar-refractivity contribution in [2.75, 3.05) is 34.4 Å². The van der Waals surface area contributed by atoms with Crippen molar-refractivity contribution in [1.29, 1.82) is 0 Å². The van der Waals surface area contributed by atoms with Crippen LogP contribution in [0.4, 0.5) is 0 Å². The fraction of sp³-hybridized carbons (Fsp3) is 0.657. The quantitative estimate of drug-likeness (QED) is 0.0512. The van der Waals surface area contributed by atoms with E-state index in [0.717, 1.165) is 12.1 Å². The van der Waals surface area contributed by atoms with Gasteiger partial charge in [-0.1, -0.05) is 243 Å². The number of hydrogen-bond acceptors (Lipinski definition) is 20. The Balaban J connectivity index is -0.000000173. The minimum Gasteiger partial charge on any atom is -0.381 e. The third kappa shape index (κ3) is 86.2. The SMILES string of the molecule is C/C=C(\C)C(=O)CCC(=O)C(C)(C)C.C/C=C/C(=O)CCC(=O)C(C)(C)C.C/C=C/C(=O)CCC(=O)C(C)(C)C.C/C=C/C(=O)CCCC(=O)C(C)(C)C.C=C(C)C(=O)CCC(=O)C(C)(C)C.C=C(C)C(=O)CCCC(=O)C(C)(C)C.C=CC(=O)CCC(=O)C(C)(C)C.CN(C)C/C=C/C(=O)CCC(=O)C(C)(C)C.COC/C=C(\C)C(=O)CCC(=O)C(C)(C)C. The highest BCUT2D eigenvalue weighted by Gasteiger charge is 2.28. The maximum Gasteiger partial charge on any atom is 0.158 e. The number of carbonyl (C=O) groups excluding carboxylic acids is 18. The zero-order valence-corrected chi connectivity index (χ0v) is 85.7. The summed E-state index contributed by atoms with van der Waals surface area (Å²) in [4.78, 5) is 206. The molecule has 125 heavy (non-hydrogen) atoms. The highest BCUT2D eigenvalue weighted by Crippen LogP contribution is 2.25. The normalized spacial score (nSPS) is 11.9. The average molecular weight is 1760 g/mol. The molecular weight excluding hydrogens is 1580 g/mol. The van der Waals surface area contributed by atoms with E-state index in [0.29, 0.717) is 152 Å². The Morgan fingerprint density at radius 3 is 0.728 bits per heavy atom. The fourth-order valence-corrected chi connectivity index (χ4v) is 8.53. The van der Waals surface area contributed by atoms with E-state index in [-0.39, 0.29) is 153 Å². The van der Waals surface area contributed by atoms with Gasteiger partial charge in [0.05, 0.1) is 6.61 Å². The molecule has 0 amide bonds. The van der Waals surface area contributed by atoms with Crippen molar-refractivity contribution in [3.63, 3.8) is 0 Å². The van der Waals surface area contributed by atoms with Gasteiger partial charge >= 0.3 is 0 Å². The fourth-order valence-electron chi connectivity index (χ4n) is 8.53. The van der Waals surface area contributed by atoms with Crippen LogP contribution in [0.3, 0.4) is 0 Å². The molecule has 0 radical (unpaired) electrons. The minimum absolute atomic E-state index is 0.0161. The molecule has 20 heteroatoms. The number of allylic oxidation sites excluding steroid dienone is 13. The van der Waals surface area contributed by atoms with Crippen LogP contribution in [-0.2, 0) is 91.0 Å². The maximum absolute atomic E-state index is 11.6. The van der Waals surface area contributed by atoms with E-state index >= 15 is 0 Å². The molecule has 0 rings (SSSR count). The summed E-state index contributed by atoms with van der Waals surface area (Å²) in [6, 6.07) is 0. The number of hydrogen-bond donors (Lipinski definition) is 0. The van der Waals surface area contributed by atoms with Crippen molar-refractivity contribution in [2.45, 2.75) is 371 Å². The summed E-state index contributed by atoms with van der Waals surface area (Å²) < 4.78 is 4.85. The van der Waals surface area contributed by atoms with E-state index in [4.69, 9.17) is 4.74 Å². The first-order valence-corrected chi connectivity index (χ1v) is 43.8. The predicted molar refractivity (Wildman–Crippen MR) is 515 cm³/mol. The van der Waals surface area contributed by atoms with Crippen molar-refractivity contribution < 1.29 is 91.0 Å². The van der Waals surface area contributed by atoms with Crippen molar-refractivity contribution in [3.8, 4) is 0 Å². The third-order valence-electron chi connectivity index (χ3n) is 18.2. The average Bonchev–Trinajstić information content (AvgIpc) is 0.919. The smallest absolute Gasteiger partial charge is 0.158 e. The van der Waals surface area contributed by atoms with Gasteiger partial charge in [0.15, 0.2) is 52.0 Å². The molecule has 0 N–H and O–H groups in total. The molecule has 0 aliphatic heterocycles. The van der Waals surface area contributed by atoms with Crippen LogP contribution in [0.2, 0.25) is 0 Å². The summed E-state index contributed by atoms with van der Waals surface area (Å²) in [5, 5.41) is 0. The summed E-state index contributed by atoms with van der Waals surface area (Å²) >= 11 is 0. The van der Waals surface area contributed by atoms with Gasteiger partial charge in [0, 0.05) is 178 Å². The summed E-state index contributed by atoms with van der Waals surface area (Å²) in [6.07, 6.45) is 25.7. The molecule has 0 aromatic heterocycles. The Kier molecular flexibility index (Phi) is 74.1. The van der Waals surface area contributed by atoms with Gasteiger partial charge in [0.1, 0.15) is 52.0 Å². The molecule has 0 atom stereocenters. The van der Waals surface area contributed by atoms with Crippen LogP contribution < -0.4 is 0 Å². The molecule has 0 saturated heterocycles. The third-order valence-corrected chi connectivity index (χ3v) is 18.2. The molecule has 0 aliphatic carbocycles. The number of methoxy groups -OCH3 is 1. The van der Waals surface area contributed by atoms with Crippen LogP contribution in [0.25, 0.3) is 0 Å². The number of Topliss-reactive ketones (excluding diaryl/α,β-unsaturated/α-hetero) is 13. The second-order valence-corrected chi connectivity index (χ2v) is 40.5. The lowest BCUT2D eigenvalue weighted by Crippen LogP contribution is -2.20. The maximum atomic E-state index is 11.6. The largest absolute Gasteiger partial charge is 0.381 e. The predicted octanol–water partition coefficient (Wildman–Crippen LogP) is 23.1.